The minimum Gasteiger partial charge on any atom is -0.380 e. The molecule has 21 heavy (non-hydrogen) atoms. The van der Waals surface area contributed by atoms with E-state index in [4.69, 9.17) is 11.6 Å². The van der Waals surface area contributed by atoms with Crippen LogP contribution in [0.5, 0.6) is 0 Å². The van der Waals surface area contributed by atoms with E-state index in [2.05, 4.69) is 20.4 Å². The molecule has 8 heteroatoms. The van der Waals surface area contributed by atoms with Gasteiger partial charge in [-0.05, 0) is 14.1 Å². The number of likely N-dealkylation sites (N-methyl/N-ethyl adjacent to an activating group) is 1. The number of hydrogen-bond donors (Lipinski definition) is 1. The monoisotopic (exact) mass is 310 g/mol. The van der Waals surface area contributed by atoms with Crippen LogP contribution in [-0.4, -0.2) is 45.1 Å². The van der Waals surface area contributed by atoms with E-state index < -0.39 is 0 Å². The van der Waals surface area contributed by atoms with Crippen LogP contribution in [0.4, 0.5) is 5.69 Å². The maximum atomic E-state index is 11.7. The number of aryl methyl sites for hydroxylation is 2. The zero-order valence-corrected chi connectivity index (χ0v) is 13.3. The molecule has 0 radical (unpaired) electrons. The quantitative estimate of drug-likeness (QED) is 0.888. The Kier molecular flexibility index (Phi) is 4.64. The van der Waals surface area contributed by atoms with Gasteiger partial charge in [0.15, 0.2) is 0 Å². The first-order valence-electron chi connectivity index (χ1n) is 6.50. The van der Waals surface area contributed by atoms with E-state index in [1.165, 1.54) is 4.68 Å². The second-order valence-corrected chi connectivity index (χ2v) is 5.49. The highest BCUT2D eigenvalue weighted by molar-refractivity contribution is 6.32. The van der Waals surface area contributed by atoms with Gasteiger partial charge in [0.05, 0.1) is 24.1 Å². The molecule has 0 bridgehead atoms. The summed E-state index contributed by atoms with van der Waals surface area (Å²) in [6.45, 7) is 0.591. The fourth-order valence-electron chi connectivity index (χ4n) is 2.05. The minimum atomic E-state index is -0.315. The first kappa shape index (κ1) is 15.5. The fourth-order valence-corrected chi connectivity index (χ4v) is 2.29. The summed E-state index contributed by atoms with van der Waals surface area (Å²) >= 11 is 6.05. The van der Waals surface area contributed by atoms with Crippen molar-refractivity contribution in [1.29, 1.82) is 0 Å². The molecule has 1 unspecified atom stereocenters. The lowest BCUT2D eigenvalue weighted by atomic mass is 10.1. The molecule has 1 N–H and O–H groups in total. The molecule has 2 aromatic heterocycles. The average molecular weight is 311 g/mol. The number of hydrogen-bond acceptors (Lipinski definition) is 5. The van der Waals surface area contributed by atoms with Gasteiger partial charge in [0.25, 0.3) is 5.56 Å². The Morgan fingerprint density at radius 2 is 2.05 bits per heavy atom. The van der Waals surface area contributed by atoms with Crippen molar-refractivity contribution in [2.45, 2.75) is 6.04 Å². The van der Waals surface area contributed by atoms with Crippen molar-refractivity contribution >= 4 is 17.3 Å². The third-order valence-electron chi connectivity index (χ3n) is 3.30. The Labute approximate surface area is 128 Å². The van der Waals surface area contributed by atoms with Crippen molar-refractivity contribution in [3.05, 3.63) is 39.5 Å². The fraction of sp³-hybridized carbons (Fsp3) is 0.462. The molecule has 0 spiro atoms. The van der Waals surface area contributed by atoms with Gasteiger partial charge in [0.1, 0.15) is 5.02 Å². The molecule has 0 saturated heterocycles. The highest BCUT2D eigenvalue weighted by Crippen LogP contribution is 2.20. The van der Waals surface area contributed by atoms with E-state index in [0.29, 0.717) is 12.2 Å². The largest absolute Gasteiger partial charge is 0.380 e. The topological polar surface area (TPSA) is 68.0 Å². The molecular weight excluding hydrogens is 292 g/mol. The first-order valence-corrected chi connectivity index (χ1v) is 6.88. The zero-order valence-electron chi connectivity index (χ0n) is 12.5. The minimum absolute atomic E-state index is 0.110. The summed E-state index contributed by atoms with van der Waals surface area (Å²) < 4.78 is 2.97. The number of aromatic nitrogens is 4. The maximum absolute atomic E-state index is 11.7. The molecule has 0 aliphatic heterocycles. The summed E-state index contributed by atoms with van der Waals surface area (Å²) in [5.41, 5.74) is 1.31. The highest BCUT2D eigenvalue weighted by Gasteiger charge is 2.17. The zero-order chi connectivity index (χ0) is 15.6. The van der Waals surface area contributed by atoms with Gasteiger partial charge in [0.2, 0.25) is 0 Å². The van der Waals surface area contributed by atoms with Gasteiger partial charge in [-0.25, -0.2) is 4.68 Å². The second kappa shape index (κ2) is 6.28. The van der Waals surface area contributed by atoms with E-state index in [1.54, 1.807) is 17.9 Å². The van der Waals surface area contributed by atoms with E-state index in [-0.39, 0.29) is 16.6 Å². The summed E-state index contributed by atoms with van der Waals surface area (Å²) in [4.78, 5) is 13.8. The van der Waals surface area contributed by atoms with Crippen molar-refractivity contribution in [2.75, 3.05) is 26.0 Å². The van der Waals surface area contributed by atoms with E-state index in [1.807, 2.05) is 33.5 Å². The Morgan fingerprint density at radius 1 is 1.33 bits per heavy atom. The summed E-state index contributed by atoms with van der Waals surface area (Å²) in [7, 11) is 7.42. The van der Waals surface area contributed by atoms with Crippen molar-refractivity contribution < 1.29 is 0 Å². The molecule has 114 valence electrons. The van der Waals surface area contributed by atoms with Crippen LogP contribution in [0.15, 0.2) is 23.4 Å². The Morgan fingerprint density at radius 3 is 2.62 bits per heavy atom. The van der Waals surface area contributed by atoms with Crippen LogP contribution in [0.25, 0.3) is 0 Å². The first-order chi connectivity index (χ1) is 9.90. The van der Waals surface area contributed by atoms with Gasteiger partial charge in [0, 0.05) is 32.4 Å². The molecule has 2 aromatic rings. The number of nitrogens with one attached hydrogen (secondary N) is 1. The van der Waals surface area contributed by atoms with Crippen molar-refractivity contribution in [3.63, 3.8) is 0 Å². The van der Waals surface area contributed by atoms with E-state index >= 15 is 0 Å². The molecular formula is C13H19ClN6O. The Balaban J connectivity index is 2.17. The van der Waals surface area contributed by atoms with Gasteiger partial charge < -0.3 is 10.2 Å². The second-order valence-electron chi connectivity index (χ2n) is 5.11. The smallest absolute Gasteiger partial charge is 0.287 e. The van der Waals surface area contributed by atoms with Gasteiger partial charge >= 0.3 is 0 Å². The van der Waals surface area contributed by atoms with Crippen LogP contribution >= 0.6 is 11.6 Å². The molecule has 0 aliphatic rings. The molecule has 2 rings (SSSR count). The molecule has 0 saturated carbocycles. The number of halogens is 1. The van der Waals surface area contributed by atoms with Crippen molar-refractivity contribution in [3.8, 4) is 0 Å². The standard InChI is InChI=1S/C13H19ClN6O/c1-18(2)11(9-5-16-19(3)8-9)7-15-10-6-17-20(4)13(21)12(10)14/h5-6,8,11,15H,7H2,1-4H3. The Bertz CT molecular complexity index is 678. The lowest BCUT2D eigenvalue weighted by molar-refractivity contribution is 0.311. The van der Waals surface area contributed by atoms with Gasteiger partial charge in [-0.15, -0.1) is 0 Å². The van der Waals surface area contributed by atoms with Crippen molar-refractivity contribution in [1.82, 2.24) is 24.5 Å². The van der Waals surface area contributed by atoms with Crippen LogP contribution in [-0.2, 0) is 14.1 Å². The molecule has 2 heterocycles. The molecule has 0 amide bonds. The van der Waals surface area contributed by atoms with E-state index in [9.17, 15) is 4.79 Å². The molecule has 0 aliphatic carbocycles. The summed E-state index contributed by atoms with van der Waals surface area (Å²) in [5.74, 6) is 0. The molecule has 0 aromatic carbocycles. The van der Waals surface area contributed by atoms with Crippen LogP contribution < -0.4 is 10.9 Å². The summed E-state index contributed by atoms with van der Waals surface area (Å²) in [6.07, 6.45) is 5.35. The molecule has 1 atom stereocenters. The Hall–Kier alpha value is -1.86. The lowest BCUT2D eigenvalue weighted by Crippen LogP contribution is -2.28. The highest BCUT2D eigenvalue weighted by atomic mass is 35.5. The average Bonchev–Trinajstić information content (AvgIpc) is 2.85. The third kappa shape index (κ3) is 3.43. The summed E-state index contributed by atoms with van der Waals surface area (Å²) in [6, 6.07) is 0.110. The molecule has 0 fully saturated rings. The van der Waals surface area contributed by atoms with Gasteiger partial charge in [-0.3, -0.25) is 9.48 Å². The summed E-state index contributed by atoms with van der Waals surface area (Å²) in [5, 5.41) is 11.5. The lowest BCUT2D eigenvalue weighted by Gasteiger charge is -2.24. The predicted molar refractivity (Wildman–Crippen MR) is 82.6 cm³/mol. The van der Waals surface area contributed by atoms with Crippen molar-refractivity contribution in [2.24, 2.45) is 14.1 Å². The predicted octanol–water partition coefficient (Wildman–Crippen LogP) is 0.882. The maximum Gasteiger partial charge on any atom is 0.287 e. The van der Waals surface area contributed by atoms with Crippen LogP contribution in [0.3, 0.4) is 0 Å². The third-order valence-corrected chi connectivity index (χ3v) is 3.66. The number of nitrogens with zero attached hydrogens (tertiary/aromatic N) is 5. The number of anilines is 1. The number of rotatable bonds is 5. The van der Waals surface area contributed by atoms with Crippen LogP contribution in [0.1, 0.15) is 11.6 Å². The normalized spacial score (nSPS) is 12.7. The van der Waals surface area contributed by atoms with Gasteiger partial charge in [-0.1, -0.05) is 11.6 Å². The van der Waals surface area contributed by atoms with E-state index in [0.717, 1.165) is 5.56 Å². The van der Waals surface area contributed by atoms with Gasteiger partial charge in [-0.2, -0.15) is 10.2 Å². The van der Waals surface area contributed by atoms with Crippen LogP contribution in [0.2, 0.25) is 5.02 Å². The van der Waals surface area contributed by atoms with Crippen LogP contribution in [0, 0.1) is 0 Å². The SMILES string of the molecule is CN(C)C(CNc1cnn(C)c(=O)c1Cl)c1cnn(C)c1. The molecule has 7 nitrogen and oxygen atoms in total.